The molecule has 21 heavy (non-hydrogen) atoms. The van der Waals surface area contributed by atoms with Crippen LogP contribution < -0.4 is 5.73 Å². The van der Waals surface area contributed by atoms with Crippen molar-refractivity contribution in [2.24, 2.45) is 5.73 Å². The summed E-state index contributed by atoms with van der Waals surface area (Å²) in [5.74, 6) is 0. The molecule has 0 amide bonds. The van der Waals surface area contributed by atoms with Crippen LogP contribution in [0.2, 0.25) is 0 Å². The first-order chi connectivity index (χ1) is 10.3. The molecule has 1 aliphatic rings. The molecule has 0 aliphatic heterocycles. The first-order valence-corrected chi connectivity index (χ1v) is 7.56. The average Bonchev–Trinajstić information content (AvgIpc) is 2.84. The summed E-state index contributed by atoms with van der Waals surface area (Å²) in [6.07, 6.45) is 5.21. The number of hydrogen-bond acceptors (Lipinski definition) is 2. The monoisotopic (exact) mass is 277 g/mol. The number of nitrogens with zero attached hydrogens (tertiary/aromatic N) is 2. The van der Waals surface area contributed by atoms with Gasteiger partial charge in [-0.15, -0.1) is 0 Å². The van der Waals surface area contributed by atoms with Gasteiger partial charge in [0, 0.05) is 29.0 Å². The number of benzene rings is 1. The zero-order valence-electron chi connectivity index (χ0n) is 12.2. The van der Waals surface area contributed by atoms with Crippen LogP contribution in [-0.4, -0.2) is 9.55 Å². The molecular weight excluding hydrogens is 258 g/mol. The van der Waals surface area contributed by atoms with Crippen molar-refractivity contribution in [3.05, 3.63) is 59.5 Å². The highest BCUT2D eigenvalue weighted by Gasteiger charge is 2.23. The minimum absolute atomic E-state index is 0.182. The number of fused-ring (bicyclic) bond motifs is 2. The molecule has 3 heteroatoms. The van der Waals surface area contributed by atoms with Crippen LogP contribution >= 0.6 is 0 Å². The molecule has 2 N–H and O–H groups in total. The first-order valence-electron chi connectivity index (χ1n) is 7.56. The summed E-state index contributed by atoms with van der Waals surface area (Å²) in [7, 11) is 0. The van der Waals surface area contributed by atoms with Crippen LogP contribution in [0.3, 0.4) is 0 Å². The Hall–Kier alpha value is -2.13. The fourth-order valence-electron chi connectivity index (χ4n) is 3.55. The van der Waals surface area contributed by atoms with Crippen molar-refractivity contribution in [1.29, 1.82) is 0 Å². The van der Waals surface area contributed by atoms with E-state index in [2.05, 4.69) is 46.8 Å². The minimum Gasteiger partial charge on any atom is -0.324 e. The molecule has 0 saturated carbocycles. The van der Waals surface area contributed by atoms with Crippen LogP contribution in [0, 0.1) is 6.92 Å². The van der Waals surface area contributed by atoms with Gasteiger partial charge >= 0.3 is 0 Å². The van der Waals surface area contributed by atoms with Gasteiger partial charge in [0.05, 0.1) is 11.2 Å². The summed E-state index contributed by atoms with van der Waals surface area (Å²) in [4.78, 5) is 4.47. The lowest BCUT2D eigenvalue weighted by atomic mass is 9.93. The maximum atomic E-state index is 6.29. The highest BCUT2D eigenvalue weighted by atomic mass is 15.0. The summed E-state index contributed by atoms with van der Waals surface area (Å²) >= 11 is 0. The van der Waals surface area contributed by atoms with E-state index in [0.717, 1.165) is 18.4 Å². The van der Waals surface area contributed by atoms with Gasteiger partial charge in [-0.25, -0.2) is 0 Å². The Morgan fingerprint density at radius 1 is 1.24 bits per heavy atom. The predicted octanol–water partition coefficient (Wildman–Crippen LogP) is 3.67. The summed E-state index contributed by atoms with van der Waals surface area (Å²) in [6, 6.07) is 12.9. The van der Waals surface area contributed by atoms with Crippen molar-refractivity contribution in [3.63, 3.8) is 0 Å². The van der Waals surface area contributed by atoms with Crippen LogP contribution in [-0.2, 0) is 6.42 Å². The topological polar surface area (TPSA) is 43.8 Å². The van der Waals surface area contributed by atoms with Gasteiger partial charge in [0.15, 0.2) is 0 Å². The normalized spacial score (nSPS) is 17.9. The Bertz CT molecular complexity index is 811. The molecule has 3 aromatic rings. The molecule has 0 bridgehead atoms. The van der Waals surface area contributed by atoms with Gasteiger partial charge in [0.2, 0.25) is 0 Å². The Morgan fingerprint density at radius 2 is 2.14 bits per heavy atom. The molecule has 0 saturated heterocycles. The molecule has 1 aromatic carbocycles. The molecule has 106 valence electrons. The van der Waals surface area contributed by atoms with Crippen molar-refractivity contribution in [1.82, 2.24) is 9.55 Å². The van der Waals surface area contributed by atoms with Crippen LogP contribution in [0.5, 0.6) is 0 Å². The summed E-state index contributed by atoms with van der Waals surface area (Å²) in [5.41, 5.74) is 12.5. The minimum atomic E-state index is 0.182. The largest absolute Gasteiger partial charge is 0.324 e. The van der Waals surface area contributed by atoms with E-state index in [-0.39, 0.29) is 6.04 Å². The van der Waals surface area contributed by atoms with E-state index in [0.29, 0.717) is 0 Å². The molecule has 0 fully saturated rings. The van der Waals surface area contributed by atoms with Crippen molar-refractivity contribution >= 4 is 10.9 Å². The van der Waals surface area contributed by atoms with Crippen molar-refractivity contribution < 1.29 is 0 Å². The van der Waals surface area contributed by atoms with Crippen molar-refractivity contribution in [2.75, 3.05) is 0 Å². The zero-order chi connectivity index (χ0) is 14.4. The summed E-state index contributed by atoms with van der Waals surface area (Å²) in [6.45, 7) is 2.17. The molecule has 0 spiro atoms. The van der Waals surface area contributed by atoms with Crippen molar-refractivity contribution in [2.45, 2.75) is 32.2 Å². The van der Waals surface area contributed by atoms with Gasteiger partial charge in [-0.1, -0.05) is 6.07 Å². The third kappa shape index (κ3) is 1.88. The van der Waals surface area contributed by atoms with Gasteiger partial charge in [-0.3, -0.25) is 4.98 Å². The third-order valence-corrected chi connectivity index (χ3v) is 4.51. The van der Waals surface area contributed by atoms with E-state index in [1.54, 1.807) is 0 Å². The van der Waals surface area contributed by atoms with Gasteiger partial charge < -0.3 is 10.3 Å². The Kier molecular flexibility index (Phi) is 2.82. The number of aromatic nitrogens is 2. The molecule has 3 nitrogen and oxygen atoms in total. The maximum absolute atomic E-state index is 6.29. The summed E-state index contributed by atoms with van der Waals surface area (Å²) < 4.78 is 2.37. The lowest BCUT2D eigenvalue weighted by Crippen LogP contribution is -2.18. The predicted molar refractivity (Wildman–Crippen MR) is 85.7 cm³/mol. The molecule has 0 radical (unpaired) electrons. The highest BCUT2D eigenvalue weighted by Crippen LogP contribution is 2.34. The second kappa shape index (κ2) is 4.71. The van der Waals surface area contributed by atoms with E-state index in [1.807, 2.05) is 12.3 Å². The molecule has 1 atom stereocenters. The van der Waals surface area contributed by atoms with Crippen LogP contribution in [0.15, 0.2) is 42.6 Å². The van der Waals surface area contributed by atoms with Crippen molar-refractivity contribution in [3.8, 4) is 5.69 Å². The fourth-order valence-corrected chi connectivity index (χ4v) is 3.55. The Morgan fingerprint density at radius 3 is 3.05 bits per heavy atom. The van der Waals surface area contributed by atoms with Crippen LogP contribution in [0.25, 0.3) is 16.6 Å². The second-order valence-electron chi connectivity index (χ2n) is 5.87. The van der Waals surface area contributed by atoms with Gasteiger partial charge in [-0.2, -0.15) is 0 Å². The van der Waals surface area contributed by atoms with Gasteiger partial charge in [-0.05, 0) is 62.1 Å². The number of nitrogens with two attached hydrogens (primary N) is 1. The molecule has 1 unspecified atom stereocenters. The van der Waals surface area contributed by atoms with Gasteiger partial charge in [0.1, 0.15) is 0 Å². The van der Waals surface area contributed by atoms with Crippen LogP contribution in [0.1, 0.15) is 35.8 Å². The van der Waals surface area contributed by atoms with E-state index < -0.39 is 0 Å². The number of rotatable bonds is 1. The molecule has 4 rings (SSSR count). The lowest BCUT2D eigenvalue weighted by molar-refractivity contribution is 0.560. The quantitative estimate of drug-likeness (QED) is 0.737. The molecule has 1 aliphatic carbocycles. The zero-order valence-corrected chi connectivity index (χ0v) is 12.2. The smallest absolute Gasteiger partial charge is 0.0723 e. The fraction of sp³-hybridized carbons (Fsp3) is 0.278. The van der Waals surface area contributed by atoms with E-state index in [4.69, 9.17) is 5.73 Å². The van der Waals surface area contributed by atoms with Gasteiger partial charge in [0.25, 0.3) is 0 Å². The number of pyridine rings is 1. The number of hydrogen-bond donors (Lipinski definition) is 1. The van der Waals surface area contributed by atoms with E-state index in [9.17, 15) is 0 Å². The molecular formula is C18H19N3. The highest BCUT2D eigenvalue weighted by molar-refractivity contribution is 5.87. The maximum Gasteiger partial charge on any atom is 0.0723 e. The average molecular weight is 277 g/mol. The third-order valence-electron chi connectivity index (χ3n) is 4.51. The standard InChI is InChI=1S/C18H19N3/c1-12-11-14-15(19)6-2-8-18(14)21(12)17-9-3-7-16-13(17)5-4-10-20-16/h3-5,7,9-11,15H,2,6,8,19H2,1H3. The van der Waals surface area contributed by atoms with Crippen LogP contribution in [0.4, 0.5) is 0 Å². The first kappa shape index (κ1) is 12.6. The lowest BCUT2D eigenvalue weighted by Gasteiger charge is -2.21. The number of aryl methyl sites for hydroxylation is 1. The Balaban J connectivity index is 2.02. The Labute approximate surface area is 124 Å². The SMILES string of the molecule is Cc1cc2c(n1-c1cccc3ncccc13)CCCC2N. The summed E-state index contributed by atoms with van der Waals surface area (Å²) in [5, 5.41) is 1.20. The van der Waals surface area contributed by atoms with E-state index in [1.165, 1.54) is 34.4 Å². The molecule has 2 aromatic heterocycles. The second-order valence-corrected chi connectivity index (χ2v) is 5.87. The molecule has 2 heterocycles. The van der Waals surface area contributed by atoms with E-state index >= 15 is 0 Å².